The molecular formula is C25H27N7O3. The zero-order chi connectivity index (χ0) is 24.5. The van der Waals surface area contributed by atoms with Crippen LogP contribution in [0.5, 0.6) is 5.75 Å². The van der Waals surface area contributed by atoms with E-state index in [1.807, 2.05) is 55.5 Å². The van der Waals surface area contributed by atoms with Crippen LogP contribution in [0.3, 0.4) is 0 Å². The highest BCUT2D eigenvalue weighted by Gasteiger charge is 2.30. The molecule has 1 fully saturated rings. The molecule has 0 radical (unpaired) electrons. The summed E-state index contributed by atoms with van der Waals surface area (Å²) in [7, 11) is 5.60. The van der Waals surface area contributed by atoms with Gasteiger partial charge in [0.1, 0.15) is 11.4 Å². The lowest BCUT2D eigenvalue weighted by Gasteiger charge is -2.22. The Morgan fingerprint density at radius 1 is 1.26 bits per heavy atom. The highest BCUT2D eigenvalue weighted by Crippen LogP contribution is 2.40. The maximum atomic E-state index is 12.0. The van der Waals surface area contributed by atoms with Crippen LogP contribution in [-0.4, -0.2) is 65.1 Å². The predicted molar refractivity (Wildman–Crippen MR) is 137 cm³/mol. The second-order valence-electron chi connectivity index (χ2n) is 8.79. The molecule has 10 nitrogen and oxygen atoms in total. The maximum absolute atomic E-state index is 12.0. The predicted octanol–water partition coefficient (Wildman–Crippen LogP) is 4.43. The first-order chi connectivity index (χ1) is 16.9. The van der Waals surface area contributed by atoms with Crippen molar-refractivity contribution in [3.63, 3.8) is 0 Å². The SMILES string of the molecule is COc1cc(N2CC[C@@H](N(C)C)C2)c([N+](=O)[O-])cc1Nc1nccc(-c2c[nH]c3ccccc23)n1. The summed E-state index contributed by atoms with van der Waals surface area (Å²) in [6, 6.07) is 13.4. The molecule has 0 aliphatic carbocycles. The largest absolute Gasteiger partial charge is 0.494 e. The smallest absolute Gasteiger partial charge is 0.294 e. The molecule has 1 atom stereocenters. The fraction of sp³-hybridized carbons (Fsp3) is 0.280. The first-order valence-electron chi connectivity index (χ1n) is 11.4. The van der Waals surface area contributed by atoms with Gasteiger partial charge in [0.25, 0.3) is 5.69 Å². The van der Waals surface area contributed by atoms with Crippen LogP contribution in [0.1, 0.15) is 6.42 Å². The molecule has 3 heterocycles. The van der Waals surface area contributed by atoms with Gasteiger partial charge in [-0.3, -0.25) is 10.1 Å². The van der Waals surface area contributed by atoms with E-state index >= 15 is 0 Å². The third-order valence-electron chi connectivity index (χ3n) is 6.49. The fourth-order valence-electron chi connectivity index (χ4n) is 4.58. The van der Waals surface area contributed by atoms with Gasteiger partial charge >= 0.3 is 0 Å². The number of fused-ring (bicyclic) bond motifs is 1. The number of rotatable bonds is 7. The van der Waals surface area contributed by atoms with E-state index in [2.05, 4.69) is 25.2 Å². The van der Waals surface area contributed by atoms with Crippen LogP contribution in [0.15, 0.2) is 54.9 Å². The van der Waals surface area contributed by atoms with Crippen molar-refractivity contribution in [2.75, 3.05) is 44.5 Å². The van der Waals surface area contributed by atoms with E-state index in [9.17, 15) is 10.1 Å². The Hall–Kier alpha value is -4.18. The van der Waals surface area contributed by atoms with Gasteiger partial charge in [-0.15, -0.1) is 0 Å². The molecule has 1 aliphatic rings. The first-order valence-corrected chi connectivity index (χ1v) is 11.4. The Morgan fingerprint density at radius 3 is 2.83 bits per heavy atom. The van der Waals surface area contributed by atoms with Crippen molar-refractivity contribution in [1.82, 2.24) is 19.9 Å². The second-order valence-corrected chi connectivity index (χ2v) is 8.79. The van der Waals surface area contributed by atoms with Crippen LogP contribution in [0, 0.1) is 10.1 Å². The van der Waals surface area contributed by atoms with Gasteiger partial charge in [0.2, 0.25) is 5.95 Å². The normalized spacial score (nSPS) is 15.7. The summed E-state index contributed by atoms with van der Waals surface area (Å²) < 4.78 is 5.60. The molecule has 0 saturated carbocycles. The third kappa shape index (κ3) is 4.35. The van der Waals surface area contributed by atoms with Crippen LogP contribution in [0.2, 0.25) is 0 Å². The van der Waals surface area contributed by atoms with Gasteiger partial charge in [0, 0.05) is 60.1 Å². The number of methoxy groups -OCH3 is 1. The average Bonchev–Trinajstić information content (AvgIpc) is 3.52. The molecular weight excluding hydrogens is 446 g/mol. The number of nitrogens with one attached hydrogen (secondary N) is 2. The lowest BCUT2D eigenvalue weighted by molar-refractivity contribution is -0.384. The molecule has 0 spiro atoms. The number of nitro groups is 1. The summed E-state index contributed by atoms with van der Waals surface area (Å²) in [5.41, 5.74) is 3.70. The number of aromatic amines is 1. The minimum atomic E-state index is -0.355. The molecule has 1 aliphatic heterocycles. The van der Waals surface area contributed by atoms with Crippen molar-refractivity contribution in [1.29, 1.82) is 0 Å². The molecule has 2 aromatic heterocycles. The number of nitro benzene ring substituents is 1. The molecule has 2 aromatic carbocycles. The minimum Gasteiger partial charge on any atom is -0.494 e. The average molecular weight is 474 g/mol. The van der Waals surface area contributed by atoms with Crippen LogP contribution in [0.25, 0.3) is 22.2 Å². The Bertz CT molecular complexity index is 1380. The number of hydrogen-bond acceptors (Lipinski definition) is 8. The van der Waals surface area contributed by atoms with E-state index in [1.165, 1.54) is 6.07 Å². The summed E-state index contributed by atoms with van der Waals surface area (Å²) in [4.78, 5) is 28.1. The van der Waals surface area contributed by atoms with E-state index in [1.54, 1.807) is 19.4 Å². The van der Waals surface area contributed by atoms with Gasteiger partial charge in [0.15, 0.2) is 0 Å². The van der Waals surface area contributed by atoms with Crippen molar-refractivity contribution in [3.8, 4) is 17.0 Å². The summed E-state index contributed by atoms with van der Waals surface area (Å²) in [5.74, 6) is 0.807. The molecule has 180 valence electrons. The Morgan fingerprint density at radius 2 is 2.09 bits per heavy atom. The van der Waals surface area contributed by atoms with E-state index in [4.69, 9.17) is 4.74 Å². The number of benzene rings is 2. The van der Waals surface area contributed by atoms with Crippen molar-refractivity contribution in [2.45, 2.75) is 12.5 Å². The van der Waals surface area contributed by atoms with E-state index in [0.29, 0.717) is 29.1 Å². The van der Waals surface area contributed by atoms with Crippen molar-refractivity contribution < 1.29 is 9.66 Å². The standard InChI is InChI=1S/C25H27N7O3/c1-30(2)16-9-11-31(15-16)22-13-24(35-3)21(12-23(22)32(33)34)29-25-26-10-8-20(28-25)18-14-27-19-7-5-4-6-17(18)19/h4-8,10,12-14,16,27H,9,11,15H2,1-3H3,(H,26,28,29)/t16-/m1/s1. The fourth-order valence-corrected chi connectivity index (χ4v) is 4.58. The van der Waals surface area contributed by atoms with Crippen LogP contribution in [-0.2, 0) is 0 Å². The van der Waals surface area contributed by atoms with Gasteiger partial charge in [0.05, 0.1) is 23.4 Å². The molecule has 35 heavy (non-hydrogen) atoms. The number of likely N-dealkylation sites (N-methyl/N-ethyl adjacent to an activating group) is 1. The summed E-state index contributed by atoms with van der Waals surface area (Å²) in [6.07, 6.45) is 4.52. The molecule has 10 heteroatoms. The molecule has 0 bridgehead atoms. The van der Waals surface area contributed by atoms with Gasteiger partial charge in [-0.1, -0.05) is 18.2 Å². The zero-order valence-electron chi connectivity index (χ0n) is 19.9. The molecule has 4 aromatic rings. The zero-order valence-corrected chi connectivity index (χ0v) is 19.9. The Kier molecular flexibility index (Phi) is 5.96. The van der Waals surface area contributed by atoms with Crippen molar-refractivity contribution in [2.24, 2.45) is 0 Å². The Labute approximate surface area is 202 Å². The quantitative estimate of drug-likeness (QED) is 0.300. The van der Waals surface area contributed by atoms with Crippen molar-refractivity contribution >= 4 is 33.9 Å². The molecule has 0 amide bonds. The topological polar surface area (TPSA) is 112 Å². The maximum Gasteiger partial charge on any atom is 0.294 e. The number of hydrogen-bond donors (Lipinski definition) is 2. The summed E-state index contributed by atoms with van der Waals surface area (Å²) >= 11 is 0. The molecule has 5 rings (SSSR count). The van der Waals surface area contributed by atoms with Gasteiger partial charge in [-0.2, -0.15) is 0 Å². The third-order valence-corrected chi connectivity index (χ3v) is 6.49. The lowest BCUT2D eigenvalue weighted by atomic mass is 10.1. The second kappa shape index (κ2) is 9.22. The molecule has 0 unspecified atom stereocenters. The number of aromatic nitrogens is 3. The van der Waals surface area contributed by atoms with Crippen molar-refractivity contribution in [3.05, 3.63) is 65.0 Å². The number of nitrogens with zero attached hydrogens (tertiary/aromatic N) is 5. The van der Waals surface area contributed by atoms with Crippen LogP contribution < -0.4 is 15.0 Å². The highest BCUT2D eigenvalue weighted by molar-refractivity contribution is 5.94. The summed E-state index contributed by atoms with van der Waals surface area (Å²) in [6.45, 7) is 1.47. The summed E-state index contributed by atoms with van der Waals surface area (Å²) in [5, 5.41) is 16.2. The van der Waals surface area contributed by atoms with Gasteiger partial charge in [-0.25, -0.2) is 9.97 Å². The van der Waals surface area contributed by atoms with Gasteiger partial charge < -0.3 is 24.8 Å². The van der Waals surface area contributed by atoms with Crippen LogP contribution in [0.4, 0.5) is 23.0 Å². The van der Waals surface area contributed by atoms with Gasteiger partial charge in [-0.05, 0) is 32.6 Å². The van der Waals surface area contributed by atoms with E-state index in [-0.39, 0.29) is 10.6 Å². The van der Waals surface area contributed by atoms with E-state index < -0.39 is 0 Å². The molecule has 2 N–H and O–H groups in total. The Balaban J connectivity index is 1.48. The number of H-pyrrole nitrogens is 1. The highest BCUT2D eigenvalue weighted by atomic mass is 16.6. The number of anilines is 3. The number of para-hydroxylation sites is 1. The number of ether oxygens (including phenoxy) is 1. The lowest BCUT2D eigenvalue weighted by Crippen LogP contribution is -2.31. The van der Waals surface area contributed by atoms with Crippen LogP contribution >= 0.6 is 0 Å². The first kappa shape index (κ1) is 22.6. The molecule has 1 saturated heterocycles. The van der Waals surface area contributed by atoms with E-state index in [0.717, 1.165) is 41.7 Å². The monoisotopic (exact) mass is 473 g/mol. The minimum absolute atomic E-state index is 0.0143.